The summed E-state index contributed by atoms with van der Waals surface area (Å²) in [5.41, 5.74) is 1.17. The number of nitrogens with zero attached hydrogens (tertiary/aromatic N) is 1. The summed E-state index contributed by atoms with van der Waals surface area (Å²) in [7, 11) is 3.15. The zero-order chi connectivity index (χ0) is 16.6. The maximum Gasteiger partial charge on any atom is 0.325 e. The molecule has 6 nitrogen and oxygen atoms in total. The monoisotopic (exact) mass is 318 g/mol. The van der Waals surface area contributed by atoms with E-state index in [0.29, 0.717) is 11.5 Å². The van der Waals surface area contributed by atoms with Gasteiger partial charge in [-0.05, 0) is 43.0 Å². The number of aryl methyl sites for hydroxylation is 1. The van der Waals surface area contributed by atoms with Crippen LogP contribution in [0.1, 0.15) is 36.8 Å². The zero-order valence-electron chi connectivity index (χ0n) is 13.8. The van der Waals surface area contributed by atoms with Crippen LogP contribution >= 0.6 is 0 Å². The van der Waals surface area contributed by atoms with E-state index in [9.17, 15) is 9.59 Å². The van der Waals surface area contributed by atoms with Crippen LogP contribution in [-0.2, 0) is 11.3 Å². The highest BCUT2D eigenvalue weighted by atomic mass is 16.5. The van der Waals surface area contributed by atoms with Crippen molar-refractivity contribution in [3.05, 3.63) is 23.3 Å². The van der Waals surface area contributed by atoms with Crippen LogP contribution in [0.4, 0.5) is 4.79 Å². The van der Waals surface area contributed by atoms with Gasteiger partial charge in [0.1, 0.15) is 5.54 Å². The van der Waals surface area contributed by atoms with Crippen LogP contribution < -0.4 is 14.8 Å². The SMILES string of the molecule is COc1cc(C)c(CN2C(=O)NC3(CCCC3)C2=O)cc1OC. The molecule has 1 spiro atoms. The van der Waals surface area contributed by atoms with Gasteiger partial charge in [0.2, 0.25) is 0 Å². The van der Waals surface area contributed by atoms with Gasteiger partial charge in [-0.1, -0.05) is 12.8 Å². The Labute approximate surface area is 135 Å². The first-order valence-electron chi connectivity index (χ1n) is 7.86. The summed E-state index contributed by atoms with van der Waals surface area (Å²) in [6.07, 6.45) is 3.43. The fourth-order valence-corrected chi connectivity index (χ4v) is 3.50. The van der Waals surface area contributed by atoms with Crippen molar-refractivity contribution in [2.45, 2.75) is 44.7 Å². The van der Waals surface area contributed by atoms with Gasteiger partial charge in [-0.25, -0.2) is 4.79 Å². The number of carbonyl (C=O) groups is 2. The molecule has 0 atom stereocenters. The van der Waals surface area contributed by atoms with Gasteiger partial charge >= 0.3 is 6.03 Å². The topological polar surface area (TPSA) is 67.9 Å². The van der Waals surface area contributed by atoms with Crippen LogP contribution in [0.3, 0.4) is 0 Å². The number of benzene rings is 1. The van der Waals surface area contributed by atoms with Gasteiger partial charge in [0.05, 0.1) is 20.8 Å². The maximum atomic E-state index is 12.7. The Morgan fingerprint density at radius 1 is 1.13 bits per heavy atom. The number of imide groups is 1. The molecule has 1 saturated heterocycles. The molecule has 2 aliphatic rings. The van der Waals surface area contributed by atoms with Crippen molar-refractivity contribution in [2.75, 3.05) is 14.2 Å². The Bertz CT molecular complexity index is 650. The standard InChI is InChI=1S/C17H22N2O4/c1-11-8-13(22-2)14(23-3)9-12(11)10-19-15(20)17(18-16(19)21)6-4-5-7-17/h8-9H,4-7,10H2,1-3H3,(H,18,21). The molecule has 0 radical (unpaired) electrons. The van der Waals surface area contributed by atoms with E-state index in [1.165, 1.54) is 4.90 Å². The number of carbonyl (C=O) groups excluding carboxylic acids is 2. The second-order valence-electron chi connectivity index (χ2n) is 6.24. The fraction of sp³-hybridized carbons (Fsp3) is 0.529. The van der Waals surface area contributed by atoms with E-state index in [1.807, 2.05) is 19.1 Å². The first kappa shape index (κ1) is 15.6. The van der Waals surface area contributed by atoms with E-state index >= 15 is 0 Å². The number of hydrogen-bond acceptors (Lipinski definition) is 4. The largest absolute Gasteiger partial charge is 0.493 e. The lowest BCUT2D eigenvalue weighted by molar-refractivity contribution is -0.131. The van der Waals surface area contributed by atoms with Crippen LogP contribution in [0.2, 0.25) is 0 Å². The Hall–Kier alpha value is -2.24. The van der Waals surface area contributed by atoms with Gasteiger partial charge in [-0.3, -0.25) is 9.69 Å². The van der Waals surface area contributed by atoms with Crippen molar-refractivity contribution in [1.82, 2.24) is 10.2 Å². The van der Waals surface area contributed by atoms with Crippen LogP contribution in [0, 0.1) is 6.92 Å². The molecule has 6 heteroatoms. The molecule has 0 unspecified atom stereocenters. The Morgan fingerprint density at radius 3 is 2.35 bits per heavy atom. The predicted octanol–water partition coefficient (Wildman–Crippen LogP) is 2.38. The summed E-state index contributed by atoms with van der Waals surface area (Å²) in [4.78, 5) is 26.3. The predicted molar refractivity (Wildman–Crippen MR) is 84.6 cm³/mol. The minimum absolute atomic E-state index is 0.103. The number of methoxy groups -OCH3 is 2. The van der Waals surface area contributed by atoms with Crippen molar-refractivity contribution in [3.8, 4) is 11.5 Å². The number of urea groups is 1. The lowest BCUT2D eigenvalue weighted by Gasteiger charge is -2.21. The summed E-state index contributed by atoms with van der Waals surface area (Å²) >= 11 is 0. The Balaban J connectivity index is 1.87. The smallest absolute Gasteiger partial charge is 0.325 e. The summed E-state index contributed by atoms with van der Waals surface area (Å²) in [6.45, 7) is 2.18. The average Bonchev–Trinajstić information content (AvgIpc) is 3.09. The number of amides is 3. The van der Waals surface area contributed by atoms with Gasteiger partial charge in [0, 0.05) is 0 Å². The van der Waals surface area contributed by atoms with Crippen LogP contribution in [0.5, 0.6) is 11.5 Å². The number of ether oxygens (including phenoxy) is 2. The first-order valence-corrected chi connectivity index (χ1v) is 7.86. The molecule has 0 aromatic heterocycles. The van der Waals surface area contributed by atoms with Gasteiger partial charge < -0.3 is 14.8 Å². The Kier molecular flexibility index (Phi) is 3.92. The van der Waals surface area contributed by atoms with E-state index in [1.54, 1.807) is 14.2 Å². The zero-order valence-corrected chi connectivity index (χ0v) is 13.8. The van der Waals surface area contributed by atoms with Gasteiger partial charge in [0.15, 0.2) is 11.5 Å². The van der Waals surface area contributed by atoms with E-state index < -0.39 is 5.54 Å². The van der Waals surface area contributed by atoms with Crippen LogP contribution in [0.15, 0.2) is 12.1 Å². The third-order valence-electron chi connectivity index (χ3n) is 4.87. The molecule has 2 fully saturated rings. The van der Waals surface area contributed by atoms with E-state index in [4.69, 9.17) is 9.47 Å². The summed E-state index contributed by atoms with van der Waals surface area (Å²) in [5.74, 6) is 1.13. The number of rotatable bonds is 4. The highest BCUT2D eigenvalue weighted by molar-refractivity contribution is 6.07. The normalized spacial score (nSPS) is 19.3. The van der Waals surface area contributed by atoms with Crippen LogP contribution in [-0.4, -0.2) is 36.6 Å². The lowest BCUT2D eigenvalue weighted by Crippen LogP contribution is -2.44. The van der Waals surface area contributed by atoms with Gasteiger partial charge in [0.25, 0.3) is 5.91 Å². The maximum absolute atomic E-state index is 12.7. The van der Waals surface area contributed by atoms with E-state index in [0.717, 1.165) is 36.8 Å². The second kappa shape index (κ2) is 5.76. The van der Waals surface area contributed by atoms with Crippen molar-refractivity contribution in [1.29, 1.82) is 0 Å². The molecule has 23 heavy (non-hydrogen) atoms. The summed E-state index contributed by atoms with van der Waals surface area (Å²) in [5, 5.41) is 2.90. The molecule has 1 saturated carbocycles. The minimum atomic E-state index is -0.665. The number of hydrogen-bond donors (Lipinski definition) is 1. The molecule has 3 amide bonds. The van der Waals surface area contributed by atoms with Gasteiger partial charge in [-0.2, -0.15) is 0 Å². The molecule has 1 aromatic carbocycles. The molecule has 3 rings (SSSR count). The molecule has 124 valence electrons. The lowest BCUT2D eigenvalue weighted by atomic mass is 9.98. The second-order valence-corrected chi connectivity index (χ2v) is 6.24. The van der Waals surface area contributed by atoms with E-state index in [2.05, 4.69) is 5.32 Å². The molecule has 1 N–H and O–H groups in total. The first-order chi connectivity index (χ1) is 11.0. The quantitative estimate of drug-likeness (QED) is 0.866. The molecule has 0 bridgehead atoms. The third kappa shape index (κ3) is 2.52. The third-order valence-corrected chi connectivity index (χ3v) is 4.87. The summed E-state index contributed by atoms with van der Waals surface area (Å²) < 4.78 is 10.6. The highest BCUT2D eigenvalue weighted by Crippen LogP contribution is 2.36. The van der Waals surface area contributed by atoms with Crippen molar-refractivity contribution < 1.29 is 19.1 Å². The molecular weight excluding hydrogens is 296 g/mol. The van der Waals surface area contributed by atoms with Crippen LogP contribution in [0.25, 0.3) is 0 Å². The minimum Gasteiger partial charge on any atom is -0.493 e. The molecular formula is C17H22N2O4. The van der Waals surface area contributed by atoms with Crippen molar-refractivity contribution >= 4 is 11.9 Å². The average molecular weight is 318 g/mol. The van der Waals surface area contributed by atoms with Crippen molar-refractivity contribution in [2.24, 2.45) is 0 Å². The highest BCUT2D eigenvalue weighted by Gasteiger charge is 2.52. The molecule has 1 aromatic rings. The van der Waals surface area contributed by atoms with Crippen molar-refractivity contribution in [3.63, 3.8) is 0 Å². The van der Waals surface area contributed by atoms with E-state index in [-0.39, 0.29) is 18.5 Å². The van der Waals surface area contributed by atoms with Gasteiger partial charge in [-0.15, -0.1) is 0 Å². The molecule has 1 aliphatic heterocycles. The summed E-state index contributed by atoms with van der Waals surface area (Å²) in [6, 6.07) is 3.39. The number of nitrogens with one attached hydrogen (secondary N) is 1. The molecule has 1 aliphatic carbocycles. The fourth-order valence-electron chi connectivity index (χ4n) is 3.50. The Morgan fingerprint density at radius 2 is 1.74 bits per heavy atom. The molecule has 1 heterocycles.